The molecule has 0 N–H and O–H groups in total. The zero-order valence-corrected chi connectivity index (χ0v) is 12.0. The van der Waals surface area contributed by atoms with Gasteiger partial charge in [-0.3, -0.25) is 4.79 Å². The lowest BCUT2D eigenvalue weighted by molar-refractivity contribution is -0.133. The van der Waals surface area contributed by atoms with Crippen molar-refractivity contribution in [2.24, 2.45) is 5.92 Å². The van der Waals surface area contributed by atoms with Crippen LogP contribution in [-0.2, 0) is 9.53 Å². The molecule has 2 heterocycles. The molecule has 18 heavy (non-hydrogen) atoms. The van der Waals surface area contributed by atoms with Crippen LogP contribution in [0.25, 0.3) is 0 Å². The Bertz CT molecular complexity index is 279. The Labute approximate surface area is 115 Å². The van der Waals surface area contributed by atoms with Crippen molar-refractivity contribution in [2.75, 3.05) is 19.7 Å². The van der Waals surface area contributed by atoms with Crippen LogP contribution < -0.4 is 0 Å². The van der Waals surface area contributed by atoms with E-state index in [4.69, 9.17) is 16.3 Å². The first-order chi connectivity index (χ1) is 8.66. The highest BCUT2D eigenvalue weighted by atomic mass is 35.5. The van der Waals surface area contributed by atoms with Crippen molar-refractivity contribution in [1.82, 2.24) is 4.90 Å². The van der Waals surface area contributed by atoms with Crippen LogP contribution in [0, 0.1) is 5.92 Å². The highest BCUT2D eigenvalue weighted by molar-refractivity contribution is 6.21. The average molecular weight is 274 g/mol. The van der Waals surface area contributed by atoms with Gasteiger partial charge in [0.05, 0.1) is 11.5 Å². The number of hydrogen-bond acceptors (Lipinski definition) is 2. The normalized spacial score (nSPS) is 33.4. The molecule has 0 bridgehead atoms. The highest BCUT2D eigenvalue weighted by Crippen LogP contribution is 2.23. The molecule has 4 heteroatoms. The number of ether oxygens (including phenoxy) is 1. The maximum absolute atomic E-state index is 12.1. The molecule has 0 aromatic carbocycles. The molecule has 2 fully saturated rings. The first kappa shape index (κ1) is 14.1. The summed E-state index contributed by atoms with van der Waals surface area (Å²) in [7, 11) is 0. The van der Waals surface area contributed by atoms with Crippen LogP contribution in [0.15, 0.2) is 0 Å². The summed E-state index contributed by atoms with van der Waals surface area (Å²) in [5.74, 6) is 0.777. The number of hydrogen-bond donors (Lipinski definition) is 0. The third kappa shape index (κ3) is 3.86. The molecule has 3 unspecified atom stereocenters. The van der Waals surface area contributed by atoms with E-state index >= 15 is 0 Å². The van der Waals surface area contributed by atoms with Gasteiger partial charge in [0.25, 0.3) is 0 Å². The topological polar surface area (TPSA) is 29.5 Å². The number of piperidine rings is 1. The van der Waals surface area contributed by atoms with Gasteiger partial charge in [0.15, 0.2) is 0 Å². The Kier molecular flexibility index (Phi) is 5.31. The Hall–Kier alpha value is -0.280. The Morgan fingerprint density at radius 3 is 2.89 bits per heavy atom. The molecule has 2 saturated heterocycles. The van der Waals surface area contributed by atoms with Gasteiger partial charge >= 0.3 is 0 Å². The predicted octanol–water partition coefficient (Wildman–Crippen LogP) is 2.81. The Balaban J connectivity index is 1.70. The average Bonchev–Trinajstić information content (AvgIpc) is 2.40. The lowest BCUT2D eigenvalue weighted by Crippen LogP contribution is -2.44. The van der Waals surface area contributed by atoms with Crippen LogP contribution in [0.5, 0.6) is 0 Å². The largest absolute Gasteiger partial charge is 0.378 e. The second kappa shape index (κ2) is 6.76. The van der Waals surface area contributed by atoms with Gasteiger partial charge in [-0.2, -0.15) is 0 Å². The second-order valence-corrected chi connectivity index (χ2v) is 6.21. The van der Waals surface area contributed by atoms with Crippen molar-refractivity contribution in [2.45, 2.75) is 56.9 Å². The molecular weight excluding hydrogens is 250 g/mol. The minimum absolute atomic E-state index is 0.119. The Morgan fingerprint density at radius 1 is 1.39 bits per heavy atom. The van der Waals surface area contributed by atoms with Gasteiger partial charge in [-0.25, -0.2) is 0 Å². The van der Waals surface area contributed by atoms with E-state index < -0.39 is 0 Å². The number of carbonyl (C=O) groups excluding carboxylic acids is 1. The molecule has 2 aliphatic rings. The fourth-order valence-electron chi connectivity index (χ4n) is 2.73. The third-order valence-electron chi connectivity index (χ3n) is 4.17. The predicted molar refractivity (Wildman–Crippen MR) is 72.8 cm³/mol. The summed E-state index contributed by atoms with van der Waals surface area (Å²) in [5.41, 5.74) is 0. The first-order valence-electron chi connectivity index (χ1n) is 7.20. The number of halogens is 1. The summed E-state index contributed by atoms with van der Waals surface area (Å²) in [5, 5.41) is 0.119. The van der Waals surface area contributed by atoms with Crippen LogP contribution in [-0.4, -0.2) is 42.0 Å². The van der Waals surface area contributed by atoms with Gasteiger partial charge < -0.3 is 9.64 Å². The van der Waals surface area contributed by atoms with E-state index in [0.29, 0.717) is 25.0 Å². The number of alkyl halides is 1. The van der Waals surface area contributed by atoms with Crippen molar-refractivity contribution in [3.8, 4) is 0 Å². The maximum Gasteiger partial charge on any atom is 0.222 e. The molecule has 0 aromatic heterocycles. The molecule has 0 radical (unpaired) electrons. The monoisotopic (exact) mass is 273 g/mol. The molecule has 3 nitrogen and oxygen atoms in total. The van der Waals surface area contributed by atoms with Crippen molar-refractivity contribution < 1.29 is 9.53 Å². The van der Waals surface area contributed by atoms with E-state index in [-0.39, 0.29) is 11.3 Å². The lowest BCUT2D eigenvalue weighted by Gasteiger charge is -2.34. The summed E-state index contributed by atoms with van der Waals surface area (Å²) < 4.78 is 5.66. The number of carbonyl (C=O) groups is 1. The molecule has 0 aliphatic carbocycles. The highest BCUT2D eigenvalue weighted by Gasteiger charge is 2.27. The number of nitrogens with zero attached hydrogens (tertiary/aromatic N) is 1. The molecule has 2 aliphatic heterocycles. The summed E-state index contributed by atoms with van der Waals surface area (Å²) >= 11 is 6.24. The van der Waals surface area contributed by atoms with Crippen LogP contribution in [0.3, 0.4) is 0 Å². The number of rotatable bonds is 3. The van der Waals surface area contributed by atoms with Crippen molar-refractivity contribution >= 4 is 17.5 Å². The molecular formula is C14H24ClNO2. The Morgan fingerprint density at radius 2 is 2.22 bits per heavy atom. The van der Waals surface area contributed by atoms with E-state index in [1.807, 2.05) is 4.90 Å². The molecule has 104 valence electrons. The molecule has 0 spiro atoms. The zero-order valence-electron chi connectivity index (χ0n) is 11.2. The summed E-state index contributed by atoms with van der Waals surface area (Å²) in [6.45, 7) is 4.61. The van der Waals surface area contributed by atoms with Crippen molar-refractivity contribution in [1.29, 1.82) is 0 Å². The molecule has 3 atom stereocenters. The van der Waals surface area contributed by atoms with E-state index in [2.05, 4.69) is 6.92 Å². The molecule has 1 amide bonds. The minimum atomic E-state index is 0.119. The summed E-state index contributed by atoms with van der Waals surface area (Å²) in [4.78, 5) is 14.0. The van der Waals surface area contributed by atoms with Gasteiger partial charge in [0.1, 0.15) is 0 Å². The minimum Gasteiger partial charge on any atom is -0.378 e. The van der Waals surface area contributed by atoms with Crippen LogP contribution >= 0.6 is 11.6 Å². The second-order valence-electron chi connectivity index (χ2n) is 5.65. The van der Waals surface area contributed by atoms with Gasteiger partial charge in [-0.15, -0.1) is 11.6 Å². The third-order valence-corrected chi connectivity index (χ3v) is 4.74. The molecule has 2 rings (SSSR count). The molecule has 0 aromatic rings. The van der Waals surface area contributed by atoms with Crippen molar-refractivity contribution in [3.05, 3.63) is 0 Å². The quantitative estimate of drug-likeness (QED) is 0.740. The summed E-state index contributed by atoms with van der Waals surface area (Å²) in [6, 6.07) is 0. The first-order valence-corrected chi connectivity index (χ1v) is 7.64. The maximum atomic E-state index is 12.1. The van der Waals surface area contributed by atoms with Gasteiger partial charge in [-0.1, -0.05) is 6.92 Å². The fraction of sp³-hybridized carbons (Fsp3) is 0.929. The van der Waals surface area contributed by atoms with E-state index in [1.54, 1.807) is 0 Å². The van der Waals surface area contributed by atoms with Crippen molar-refractivity contribution in [3.63, 3.8) is 0 Å². The SMILES string of the molecule is CC1CCN(C(=O)CCC2CCCCO2)CC1Cl. The van der Waals surface area contributed by atoms with Gasteiger partial charge in [-0.05, 0) is 38.0 Å². The zero-order chi connectivity index (χ0) is 13.0. The number of likely N-dealkylation sites (tertiary alicyclic amines) is 1. The van der Waals surface area contributed by atoms with E-state index in [0.717, 1.165) is 32.4 Å². The fourth-order valence-corrected chi connectivity index (χ4v) is 3.02. The summed E-state index contributed by atoms with van der Waals surface area (Å²) in [6.07, 6.45) is 6.34. The van der Waals surface area contributed by atoms with Gasteiger partial charge in [0.2, 0.25) is 5.91 Å². The molecule has 0 saturated carbocycles. The van der Waals surface area contributed by atoms with Gasteiger partial charge in [0, 0.05) is 26.1 Å². The number of amides is 1. The lowest BCUT2D eigenvalue weighted by atomic mass is 9.98. The van der Waals surface area contributed by atoms with Crippen LogP contribution in [0.4, 0.5) is 0 Å². The van der Waals surface area contributed by atoms with Crippen LogP contribution in [0.2, 0.25) is 0 Å². The van der Waals surface area contributed by atoms with E-state index in [9.17, 15) is 4.79 Å². The van der Waals surface area contributed by atoms with Crippen LogP contribution in [0.1, 0.15) is 45.4 Å². The standard InChI is InChI=1S/C14H24ClNO2/c1-11-7-8-16(10-13(11)15)14(17)6-5-12-4-2-3-9-18-12/h11-13H,2-10H2,1H3. The van der Waals surface area contributed by atoms with E-state index in [1.165, 1.54) is 12.8 Å². The smallest absolute Gasteiger partial charge is 0.222 e.